The van der Waals surface area contributed by atoms with E-state index in [0.29, 0.717) is 26.9 Å². The highest BCUT2D eigenvalue weighted by atomic mass is 35.5. The summed E-state index contributed by atoms with van der Waals surface area (Å²) in [7, 11) is 0. The number of nitrogens with one attached hydrogen (secondary N) is 1. The summed E-state index contributed by atoms with van der Waals surface area (Å²) in [5.74, 6) is 0.473. The van der Waals surface area contributed by atoms with Crippen molar-refractivity contribution in [1.82, 2.24) is 5.32 Å². The van der Waals surface area contributed by atoms with Crippen LogP contribution in [0, 0.1) is 10.1 Å². The molecule has 2 heterocycles. The molecule has 10 heteroatoms. The molecule has 1 aliphatic rings. The molecule has 0 saturated heterocycles. The second-order valence-corrected chi connectivity index (χ2v) is 11.1. The van der Waals surface area contributed by atoms with Crippen LogP contribution in [0.15, 0.2) is 80.1 Å². The molecule has 4 aromatic rings. The van der Waals surface area contributed by atoms with Crippen LogP contribution in [0.25, 0.3) is 0 Å². The minimum absolute atomic E-state index is 0.0243. The predicted molar refractivity (Wildman–Crippen MR) is 147 cm³/mol. The van der Waals surface area contributed by atoms with E-state index in [1.165, 1.54) is 40.1 Å². The van der Waals surface area contributed by atoms with Gasteiger partial charge in [0.15, 0.2) is 0 Å². The van der Waals surface area contributed by atoms with Gasteiger partial charge in [-0.15, -0.1) is 11.3 Å². The molecule has 0 unspecified atom stereocenters. The average molecular weight is 552 g/mol. The lowest BCUT2D eigenvalue weighted by molar-refractivity contribution is -0.384. The molecule has 2 aromatic carbocycles. The van der Waals surface area contributed by atoms with Gasteiger partial charge >= 0.3 is 0 Å². The Morgan fingerprint density at radius 2 is 2.00 bits per heavy atom. The molecule has 0 spiro atoms. The van der Waals surface area contributed by atoms with Crippen molar-refractivity contribution >= 4 is 57.5 Å². The summed E-state index contributed by atoms with van der Waals surface area (Å²) in [6, 6.07) is 15.7. The molecule has 0 atom stereocenters. The van der Waals surface area contributed by atoms with Crippen LogP contribution in [0.5, 0.6) is 0 Å². The number of aliphatic imine (C=N–C) groups is 1. The second-order valence-electron chi connectivity index (χ2n) is 8.45. The van der Waals surface area contributed by atoms with E-state index in [4.69, 9.17) is 21.0 Å². The Morgan fingerprint density at radius 1 is 1.19 bits per heavy atom. The highest BCUT2D eigenvalue weighted by Crippen LogP contribution is 2.40. The van der Waals surface area contributed by atoms with Crippen LogP contribution in [0.2, 0.25) is 5.02 Å². The molecule has 188 valence electrons. The molecule has 37 heavy (non-hydrogen) atoms. The minimum Gasteiger partial charge on any atom is -0.467 e. The van der Waals surface area contributed by atoms with Crippen LogP contribution in [0.1, 0.15) is 45.0 Å². The van der Waals surface area contributed by atoms with E-state index in [1.807, 2.05) is 18.2 Å². The first-order valence-electron chi connectivity index (χ1n) is 11.7. The van der Waals surface area contributed by atoms with Gasteiger partial charge in [0.2, 0.25) is 0 Å². The second kappa shape index (κ2) is 11.3. The Bertz CT molecular complexity index is 1460. The number of furan rings is 1. The summed E-state index contributed by atoms with van der Waals surface area (Å²) in [5.41, 5.74) is 2.21. The zero-order chi connectivity index (χ0) is 25.8. The normalized spacial score (nSPS) is 13.0. The van der Waals surface area contributed by atoms with Crippen LogP contribution in [0.4, 0.5) is 10.7 Å². The number of nitro groups is 1. The number of benzene rings is 2. The number of fused-ring (bicyclic) bond motifs is 1. The molecule has 0 radical (unpaired) electrons. The van der Waals surface area contributed by atoms with E-state index in [0.717, 1.165) is 41.0 Å². The lowest BCUT2D eigenvalue weighted by atomic mass is 9.95. The monoisotopic (exact) mass is 551 g/mol. The lowest BCUT2D eigenvalue weighted by Crippen LogP contribution is -2.23. The third kappa shape index (κ3) is 5.95. The van der Waals surface area contributed by atoms with Gasteiger partial charge in [-0.1, -0.05) is 23.4 Å². The molecule has 0 fully saturated rings. The van der Waals surface area contributed by atoms with Crippen molar-refractivity contribution < 1.29 is 14.1 Å². The quantitative estimate of drug-likeness (QED) is 0.138. The minimum atomic E-state index is -0.425. The Hall–Kier alpha value is -3.40. The van der Waals surface area contributed by atoms with Gasteiger partial charge in [0.25, 0.3) is 11.6 Å². The van der Waals surface area contributed by atoms with Crippen molar-refractivity contribution in [2.75, 3.05) is 0 Å². The van der Waals surface area contributed by atoms with E-state index in [-0.39, 0.29) is 18.1 Å². The smallest absolute Gasteiger partial charge is 0.270 e. The Kier molecular flexibility index (Phi) is 7.73. The summed E-state index contributed by atoms with van der Waals surface area (Å²) in [6.07, 6.45) is 7.05. The van der Waals surface area contributed by atoms with Crippen molar-refractivity contribution in [2.45, 2.75) is 42.0 Å². The van der Waals surface area contributed by atoms with E-state index < -0.39 is 4.92 Å². The maximum atomic E-state index is 13.3. The van der Waals surface area contributed by atoms with E-state index in [2.05, 4.69) is 5.32 Å². The van der Waals surface area contributed by atoms with E-state index in [1.54, 1.807) is 36.7 Å². The largest absolute Gasteiger partial charge is 0.467 e. The maximum absolute atomic E-state index is 13.3. The number of halogens is 1. The molecular formula is C27H22ClN3O4S2. The fraction of sp³-hybridized carbons (Fsp3) is 0.185. The molecule has 7 nitrogen and oxygen atoms in total. The highest BCUT2D eigenvalue weighted by molar-refractivity contribution is 7.99. The number of carbonyl (C=O) groups excluding carboxylic acids is 1. The van der Waals surface area contributed by atoms with E-state index in [9.17, 15) is 14.9 Å². The standard InChI is InChI=1S/C27H22ClN3O4S2/c28-18-7-10-21(11-8-18)36-23-12-9-19(31(33)34)14-17(23)15-30-27-25(22-5-1-2-6-24(22)37-27)26(32)29-16-20-4-3-13-35-20/h3-4,7-15H,1-2,5-6,16H2,(H,29,32). The van der Waals surface area contributed by atoms with Gasteiger partial charge in [-0.3, -0.25) is 14.9 Å². The number of hydrogen-bond donors (Lipinski definition) is 1. The van der Waals surface area contributed by atoms with Crippen molar-refractivity contribution in [3.05, 3.63) is 103 Å². The number of carbonyl (C=O) groups is 1. The third-order valence-corrected chi connectivity index (χ3v) is 8.50. The number of rotatable bonds is 8. The fourth-order valence-corrected chi connectivity index (χ4v) is 6.39. The van der Waals surface area contributed by atoms with Gasteiger partial charge in [-0.05, 0) is 73.7 Å². The molecule has 1 amide bonds. The number of hydrogen-bond acceptors (Lipinski definition) is 7. The van der Waals surface area contributed by atoms with Crippen LogP contribution in [-0.4, -0.2) is 17.0 Å². The van der Waals surface area contributed by atoms with Gasteiger partial charge in [0, 0.05) is 43.6 Å². The average Bonchev–Trinajstić information content (AvgIpc) is 3.55. The summed E-state index contributed by atoms with van der Waals surface area (Å²) in [5, 5.41) is 15.6. The molecule has 5 rings (SSSR count). The predicted octanol–water partition coefficient (Wildman–Crippen LogP) is 7.61. The fourth-order valence-electron chi connectivity index (χ4n) is 4.15. The highest BCUT2D eigenvalue weighted by Gasteiger charge is 2.25. The van der Waals surface area contributed by atoms with Gasteiger partial charge < -0.3 is 9.73 Å². The molecule has 2 aromatic heterocycles. The first-order valence-corrected chi connectivity index (χ1v) is 13.7. The van der Waals surface area contributed by atoms with Crippen LogP contribution in [0.3, 0.4) is 0 Å². The first-order chi connectivity index (χ1) is 18.0. The Labute approximate surface area is 226 Å². The van der Waals surface area contributed by atoms with Gasteiger partial charge in [-0.25, -0.2) is 4.99 Å². The summed E-state index contributed by atoms with van der Waals surface area (Å²) in [6.45, 7) is 0.284. The molecule has 1 N–H and O–H groups in total. The Balaban J connectivity index is 1.48. The number of non-ortho nitro benzene ring substituents is 1. The van der Waals surface area contributed by atoms with Crippen LogP contribution in [-0.2, 0) is 19.4 Å². The molecule has 0 bridgehead atoms. The number of nitrogens with zero attached hydrogens (tertiary/aromatic N) is 2. The number of amides is 1. The SMILES string of the molecule is O=C(NCc1ccco1)c1c(N=Cc2cc([N+](=O)[O-])ccc2Sc2ccc(Cl)cc2)sc2c1CCCC2. The maximum Gasteiger partial charge on any atom is 0.270 e. The summed E-state index contributed by atoms with van der Waals surface area (Å²) in [4.78, 5) is 31.9. The molecule has 1 aliphatic carbocycles. The topological polar surface area (TPSA) is 97.7 Å². The Morgan fingerprint density at radius 3 is 2.76 bits per heavy atom. The van der Waals surface area contributed by atoms with Gasteiger partial charge in [0.1, 0.15) is 10.8 Å². The zero-order valence-corrected chi connectivity index (χ0v) is 22.0. The lowest BCUT2D eigenvalue weighted by Gasteiger charge is -2.12. The first kappa shape index (κ1) is 25.3. The van der Waals surface area contributed by atoms with E-state index >= 15 is 0 Å². The van der Waals surface area contributed by atoms with Gasteiger partial charge in [0.05, 0.1) is 23.3 Å². The third-order valence-electron chi connectivity index (χ3n) is 5.95. The van der Waals surface area contributed by atoms with Crippen LogP contribution < -0.4 is 5.32 Å². The van der Waals surface area contributed by atoms with Crippen molar-refractivity contribution in [3.8, 4) is 0 Å². The van der Waals surface area contributed by atoms with Crippen molar-refractivity contribution in [1.29, 1.82) is 0 Å². The van der Waals surface area contributed by atoms with Crippen molar-refractivity contribution in [3.63, 3.8) is 0 Å². The summed E-state index contributed by atoms with van der Waals surface area (Å²) < 4.78 is 5.34. The number of aryl methyl sites for hydroxylation is 1. The van der Waals surface area contributed by atoms with Crippen molar-refractivity contribution in [2.24, 2.45) is 4.99 Å². The van der Waals surface area contributed by atoms with Crippen LogP contribution >= 0.6 is 34.7 Å². The zero-order valence-electron chi connectivity index (χ0n) is 19.6. The molecular weight excluding hydrogens is 530 g/mol. The summed E-state index contributed by atoms with van der Waals surface area (Å²) >= 11 is 8.99. The van der Waals surface area contributed by atoms with Gasteiger partial charge in [-0.2, -0.15) is 0 Å². The molecule has 0 aliphatic heterocycles. The number of nitro benzene ring substituents is 1. The molecule has 0 saturated carbocycles. The number of thiophene rings is 1.